The summed E-state index contributed by atoms with van der Waals surface area (Å²) in [4.78, 5) is 26.5. The Morgan fingerprint density at radius 3 is 2.73 bits per heavy atom. The van der Waals surface area contributed by atoms with Gasteiger partial charge in [-0.1, -0.05) is 17.7 Å². The number of fused-ring (bicyclic) bond motifs is 1. The van der Waals surface area contributed by atoms with E-state index in [1.165, 1.54) is 0 Å². The van der Waals surface area contributed by atoms with Crippen molar-refractivity contribution in [2.75, 3.05) is 30.0 Å². The minimum Gasteiger partial charge on any atom is -0.486 e. The van der Waals surface area contributed by atoms with Gasteiger partial charge in [0, 0.05) is 35.4 Å². The molecule has 7 heteroatoms. The molecular formula is C19H17ClN2O4. The summed E-state index contributed by atoms with van der Waals surface area (Å²) in [6, 6.07) is 12.3. The summed E-state index contributed by atoms with van der Waals surface area (Å²) in [5, 5.41) is 3.41. The SMILES string of the molecule is O=C(Nc1ccc2c(c1)OCCO2)[C@H]1CC(=O)N(c2cccc(Cl)c2)C1. The Balaban J connectivity index is 1.45. The van der Waals surface area contributed by atoms with Gasteiger partial charge in [0.15, 0.2) is 11.5 Å². The smallest absolute Gasteiger partial charge is 0.229 e. The highest BCUT2D eigenvalue weighted by Crippen LogP contribution is 2.33. The lowest BCUT2D eigenvalue weighted by Crippen LogP contribution is -2.28. The molecule has 1 atom stereocenters. The molecule has 0 spiro atoms. The summed E-state index contributed by atoms with van der Waals surface area (Å²) in [7, 11) is 0. The number of rotatable bonds is 3. The number of amides is 2. The second-order valence-corrected chi connectivity index (χ2v) is 6.67. The monoisotopic (exact) mass is 372 g/mol. The van der Waals surface area contributed by atoms with Gasteiger partial charge in [-0.15, -0.1) is 0 Å². The van der Waals surface area contributed by atoms with E-state index >= 15 is 0 Å². The fourth-order valence-corrected chi connectivity index (χ4v) is 3.33. The van der Waals surface area contributed by atoms with E-state index in [0.29, 0.717) is 47.7 Å². The van der Waals surface area contributed by atoms with E-state index in [9.17, 15) is 9.59 Å². The minimum atomic E-state index is -0.422. The summed E-state index contributed by atoms with van der Waals surface area (Å²) in [6.45, 7) is 1.33. The molecule has 4 rings (SSSR count). The maximum Gasteiger partial charge on any atom is 0.229 e. The quantitative estimate of drug-likeness (QED) is 0.899. The lowest BCUT2D eigenvalue weighted by molar-refractivity contribution is -0.122. The fraction of sp³-hybridized carbons (Fsp3) is 0.263. The van der Waals surface area contributed by atoms with Crippen LogP contribution in [0.5, 0.6) is 11.5 Å². The van der Waals surface area contributed by atoms with Crippen molar-refractivity contribution < 1.29 is 19.1 Å². The maximum atomic E-state index is 12.6. The first-order valence-corrected chi connectivity index (χ1v) is 8.74. The number of benzene rings is 2. The molecule has 1 N–H and O–H groups in total. The van der Waals surface area contributed by atoms with Crippen LogP contribution >= 0.6 is 11.6 Å². The number of nitrogens with one attached hydrogen (secondary N) is 1. The van der Waals surface area contributed by atoms with Gasteiger partial charge < -0.3 is 19.7 Å². The van der Waals surface area contributed by atoms with Gasteiger partial charge in [-0.3, -0.25) is 9.59 Å². The zero-order valence-corrected chi connectivity index (χ0v) is 14.7. The number of hydrogen-bond acceptors (Lipinski definition) is 4. The second kappa shape index (κ2) is 6.88. The predicted molar refractivity (Wildman–Crippen MR) is 98.0 cm³/mol. The van der Waals surface area contributed by atoms with Crippen LogP contribution in [-0.4, -0.2) is 31.6 Å². The van der Waals surface area contributed by atoms with Gasteiger partial charge in [0.25, 0.3) is 0 Å². The van der Waals surface area contributed by atoms with Crippen LogP contribution in [0.3, 0.4) is 0 Å². The topological polar surface area (TPSA) is 67.9 Å². The average Bonchev–Trinajstić information content (AvgIpc) is 3.03. The van der Waals surface area contributed by atoms with Gasteiger partial charge >= 0.3 is 0 Å². The number of carbonyl (C=O) groups is 2. The number of ether oxygens (including phenoxy) is 2. The van der Waals surface area contributed by atoms with E-state index in [1.807, 2.05) is 6.07 Å². The molecular weight excluding hydrogens is 356 g/mol. The van der Waals surface area contributed by atoms with E-state index in [4.69, 9.17) is 21.1 Å². The standard InChI is InChI=1S/C19H17ClN2O4/c20-13-2-1-3-15(9-13)22-11-12(8-18(22)23)19(24)21-14-4-5-16-17(10-14)26-7-6-25-16/h1-5,9-10,12H,6-8,11H2,(H,21,24)/t12-/m0/s1. The zero-order chi connectivity index (χ0) is 18.1. The molecule has 2 amide bonds. The van der Waals surface area contributed by atoms with Crippen molar-refractivity contribution in [2.24, 2.45) is 5.92 Å². The van der Waals surface area contributed by atoms with Crippen molar-refractivity contribution in [1.29, 1.82) is 0 Å². The number of carbonyl (C=O) groups excluding carboxylic acids is 2. The Morgan fingerprint density at radius 1 is 1.12 bits per heavy atom. The van der Waals surface area contributed by atoms with Crippen LogP contribution in [0.25, 0.3) is 0 Å². The fourth-order valence-electron chi connectivity index (χ4n) is 3.14. The van der Waals surface area contributed by atoms with Crippen LogP contribution in [0.2, 0.25) is 5.02 Å². The van der Waals surface area contributed by atoms with Gasteiger partial charge in [0.2, 0.25) is 11.8 Å². The first-order chi connectivity index (χ1) is 12.6. The Morgan fingerprint density at radius 2 is 1.92 bits per heavy atom. The molecule has 0 aliphatic carbocycles. The molecule has 2 aliphatic rings. The third kappa shape index (κ3) is 3.32. The van der Waals surface area contributed by atoms with Crippen molar-refractivity contribution in [3.8, 4) is 11.5 Å². The molecule has 0 aromatic heterocycles. The zero-order valence-electron chi connectivity index (χ0n) is 13.9. The normalized spacial score (nSPS) is 18.7. The summed E-state index contributed by atoms with van der Waals surface area (Å²) in [6.07, 6.45) is 0.170. The van der Waals surface area contributed by atoms with Crippen molar-refractivity contribution in [1.82, 2.24) is 0 Å². The largest absolute Gasteiger partial charge is 0.486 e. The van der Waals surface area contributed by atoms with Crippen molar-refractivity contribution >= 4 is 34.8 Å². The Bertz CT molecular complexity index is 870. The molecule has 2 aromatic carbocycles. The predicted octanol–water partition coefficient (Wildman–Crippen LogP) is 3.10. The molecule has 6 nitrogen and oxygen atoms in total. The van der Waals surface area contributed by atoms with E-state index in [0.717, 1.165) is 0 Å². The van der Waals surface area contributed by atoms with Crippen molar-refractivity contribution in [3.63, 3.8) is 0 Å². The Kier molecular flexibility index (Phi) is 4.42. The highest BCUT2D eigenvalue weighted by molar-refractivity contribution is 6.31. The molecule has 1 fully saturated rings. The first-order valence-electron chi connectivity index (χ1n) is 8.36. The van der Waals surface area contributed by atoms with Crippen LogP contribution in [0.1, 0.15) is 6.42 Å². The van der Waals surface area contributed by atoms with E-state index in [1.54, 1.807) is 41.3 Å². The molecule has 0 radical (unpaired) electrons. The van der Waals surface area contributed by atoms with Crippen molar-refractivity contribution in [2.45, 2.75) is 6.42 Å². The van der Waals surface area contributed by atoms with E-state index < -0.39 is 5.92 Å². The highest BCUT2D eigenvalue weighted by atomic mass is 35.5. The van der Waals surface area contributed by atoms with Crippen LogP contribution in [-0.2, 0) is 9.59 Å². The van der Waals surface area contributed by atoms with Crippen LogP contribution in [0.4, 0.5) is 11.4 Å². The Hall–Kier alpha value is -2.73. The third-order valence-corrected chi connectivity index (χ3v) is 4.66. The molecule has 2 heterocycles. The second-order valence-electron chi connectivity index (χ2n) is 6.23. The van der Waals surface area contributed by atoms with Crippen LogP contribution in [0.15, 0.2) is 42.5 Å². The number of hydrogen-bond donors (Lipinski definition) is 1. The third-order valence-electron chi connectivity index (χ3n) is 4.43. The number of halogens is 1. The maximum absolute atomic E-state index is 12.6. The van der Waals surface area contributed by atoms with Gasteiger partial charge in [0.1, 0.15) is 13.2 Å². The van der Waals surface area contributed by atoms with E-state index in [-0.39, 0.29) is 18.2 Å². The van der Waals surface area contributed by atoms with E-state index in [2.05, 4.69) is 5.32 Å². The van der Waals surface area contributed by atoms with Gasteiger partial charge in [-0.05, 0) is 30.3 Å². The molecule has 0 bridgehead atoms. The van der Waals surface area contributed by atoms with Crippen LogP contribution in [0, 0.1) is 5.92 Å². The summed E-state index contributed by atoms with van der Waals surface area (Å²) < 4.78 is 11.0. The first kappa shape index (κ1) is 16.7. The molecule has 134 valence electrons. The van der Waals surface area contributed by atoms with Gasteiger partial charge in [0.05, 0.1) is 5.92 Å². The van der Waals surface area contributed by atoms with Gasteiger partial charge in [-0.2, -0.15) is 0 Å². The number of nitrogens with zero attached hydrogens (tertiary/aromatic N) is 1. The number of anilines is 2. The lowest BCUT2D eigenvalue weighted by Gasteiger charge is -2.19. The summed E-state index contributed by atoms with van der Waals surface area (Å²) in [5.74, 6) is 0.568. The molecule has 0 unspecified atom stereocenters. The molecule has 1 saturated heterocycles. The molecule has 26 heavy (non-hydrogen) atoms. The summed E-state index contributed by atoms with van der Waals surface area (Å²) in [5.41, 5.74) is 1.32. The minimum absolute atomic E-state index is 0.0883. The summed E-state index contributed by atoms with van der Waals surface area (Å²) >= 11 is 6.00. The Labute approximate surface area is 155 Å². The molecule has 2 aromatic rings. The molecule has 2 aliphatic heterocycles. The van der Waals surface area contributed by atoms with Crippen molar-refractivity contribution in [3.05, 3.63) is 47.5 Å². The highest BCUT2D eigenvalue weighted by Gasteiger charge is 2.35. The van der Waals surface area contributed by atoms with Gasteiger partial charge in [-0.25, -0.2) is 0 Å². The lowest BCUT2D eigenvalue weighted by atomic mass is 10.1. The van der Waals surface area contributed by atoms with Crippen LogP contribution < -0.4 is 19.7 Å². The molecule has 0 saturated carbocycles. The average molecular weight is 373 g/mol.